The van der Waals surface area contributed by atoms with E-state index in [1.165, 1.54) is 0 Å². The van der Waals surface area contributed by atoms with E-state index in [-0.39, 0.29) is 11.8 Å². The molecule has 0 saturated heterocycles. The number of aromatic hydroxyl groups is 1. The van der Waals surface area contributed by atoms with E-state index in [2.05, 4.69) is 6.07 Å². The number of phenolic OH excluding ortho intramolecular Hbond substituents is 1. The number of nitriles is 1. The molecule has 3 N–H and O–H groups in total. The molecule has 0 aliphatic heterocycles. The first-order valence-electron chi connectivity index (χ1n) is 5.06. The topological polar surface area (TPSA) is 70.0 Å². The van der Waals surface area contributed by atoms with Crippen molar-refractivity contribution in [1.29, 1.82) is 5.26 Å². The number of benzene rings is 2. The standard InChI is InChI=1S/C13H12N2O/c14-6-5-13(15)11-2-1-10-8-12(16)4-3-9(10)7-11/h1-4,7-8,13,16H,5,15H2/t13-/m1/s1. The summed E-state index contributed by atoms with van der Waals surface area (Å²) in [4.78, 5) is 0. The van der Waals surface area contributed by atoms with Gasteiger partial charge in [-0.2, -0.15) is 5.26 Å². The van der Waals surface area contributed by atoms with Gasteiger partial charge in [0.25, 0.3) is 0 Å². The third-order valence-corrected chi connectivity index (χ3v) is 2.59. The van der Waals surface area contributed by atoms with Crippen molar-refractivity contribution in [2.45, 2.75) is 12.5 Å². The molecular weight excluding hydrogens is 200 g/mol. The first kappa shape index (κ1) is 10.5. The molecule has 1 atom stereocenters. The lowest BCUT2D eigenvalue weighted by atomic mass is 10.0. The normalized spacial score (nSPS) is 12.2. The molecule has 2 aromatic carbocycles. The number of nitrogens with zero attached hydrogens (tertiary/aromatic N) is 1. The minimum Gasteiger partial charge on any atom is -0.508 e. The maximum absolute atomic E-state index is 9.33. The first-order valence-corrected chi connectivity index (χ1v) is 5.06. The molecule has 3 nitrogen and oxygen atoms in total. The fourth-order valence-electron chi connectivity index (χ4n) is 1.70. The van der Waals surface area contributed by atoms with Crippen LogP contribution in [0.4, 0.5) is 0 Å². The summed E-state index contributed by atoms with van der Waals surface area (Å²) in [5, 5.41) is 19.9. The largest absolute Gasteiger partial charge is 0.508 e. The maximum Gasteiger partial charge on any atom is 0.116 e. The van der Waals surface area contributed by atoms with Gasteiger partial charge in [0.2, 0.25) is 0 Å². The number of fused-ring (bicyclic) bond motifs is 1. The fraction of sp³-hybridized carbons (Fsp3) is 0.154. The van der Waals surface area contributed by atoms with Gasteiger partial charge in [-0.1, -0.05) is 18.2 Å². The van der Waals surface area contributed by atoms with Crippen LogP contribution in [0.15, 0.2) is 36.4 Å². The van der Waals surface area contributed by atoms with E-state index in [9.17, 15) is 5.11 Å². The molecule has 0 saturated carbocycles. The Morgan fingerprint density at radius 3 is 2.62 bits per heavy atom. The zero-order valence-corrected chi connectivity index (χ0v) is 8.72. The van der Waals surface area contributed by atoms with E-state index in [4.69, 9.17) is 11.0 Å². The second kappa shape index (κ2) is 4.21. The molecule has 2 aromatic rings. The summed E-state index contributed by atoms with van der Waals surface area (Å²) in [5.41, 5.74) is 6.80. The Balaban J connectivity index is 2.45. The first-order chi connectivity index (χ1) is 7.70. The summed E-state index contributed by atoms with van der Waals surface area (Å²) >= 11 is 0. The number of nitrogens with two attached hydrogens (primary N) is 1. The molecular formula is C13H12N2O. The van der Waals surface area contributed by atoms with Gasteiger partial charge in [0.1, 0.15) is 5.75 Å². The van der Waals surface area contributed by atoms with Crippen LogP contribution in [0, 0.1) is 11.3 Å². The van der Waals surface area contributed by atoms with E-state index in [1.54, 1.807) is 12.1 Å². The van der Waals surface area contributed by atoms with Crippen LogP contribution >= 0.6 is 0 Å². The smallest absolute Gasteiger partial charge is 0.116 e. The Morgan fingerprint density at radius 2 is 1.88 bits per heavy atom. The van der Waals surface area contributed by atoms with Crippen molar-refractivity contribution in [3.8, 4) is 11.8 Å². The molecule has 3 heteroatoms. The average Bonchev–Trinajstić information content (AvgIpc) is 2.28. The van der Waals surface area contributed by atoms with Crippen LogP contribution in [-0.2, 0) is 0 Å². The molecule has 0 aromatic heterocycles. The molecule has 0 radical (unpaired) electrons. The van der Waals surface area contributed by atoms with Crippen LogP contribution < -0.4 is 5.73 Å². The van der Waals surface area contributed by atoms with E-state index >= 15 is 0 Å². The lowest BCUT2D eigenvalue weighted by Crippen LogP contribution is -2.08. The highest BCUT2D eigenvalue weighted by Gasteiger charge is 2.06. The summed E-state index contributed by atoms with van der Waals surface area (Å²) in [6.07, 6.45) is 0.309. The molecule has 0 unspecified atom stereocenters. The molecule has 0 aliphatic carbocycles. The zero-order chi connectivity index (χ0) is 11.5. The van der Waals surface area contributed by atoms with Crippen molar-refractivity contribution in [2.24, 2.45) is 5.73 Å². The van der Waals surface area contributed by atoms with Crippen molar-refractivity contribution in [2.75, 3.05) is 0 Å². The molecule has 2 rings (SSSR count). The fourth-order valence-corrected chi connectivity index (χ4v) is 1.70. The van der Waals surface area contributed by atoms with E-state index in [0.29, 0.717) is 6.42 Å². The Morgan fingerprint density at radius 1 is 1.19 bits per heavy atom. The third-order valence-electron chi connectivity index (χ3n) is 2.59. The Hall–Kier alpha value is -2.05. The van der Waals surface area contributed by atoms with Crippen LogP contribution in [0.1, 0.15) is 18.0 Å². The van der Waals surface area contributed by atoms with Crippen LogP contribution in [0.25, 0.3) is 10.8 Å². The van der Waals surface area contributed by atoms with Crippen molar-refractivity contribution in [3.05, 3.63) is 42.0 Å². The Bertz CT molecular complexity index is 557. The number of hydrogen-bond acceptors (Lipinski definition) is 3. The van der Waals surface area contributed by atoms with Gasteiger partial charge >= 0.3 is 0 Å². The van der Waals surface area contributed by atoms with Gasteiger partial charge in [-0.3, -0.25) is 0 Å². The molecule has 0 heterocycles. The second-order valence-corrected chi connectivity index (χ2v) is 3.76. The van der Waals surface area contributed by atoms with Gasteiger partial charge < -0.3 is 10.8 Å². The lowest BCUT2D eigenvalue weighted by Gasteiger charge is -2.09. The minimum absolute atomic E-state index is 0.247. The van der Waals surface area contributed by atoms with Crippen LogP contribution in [0.2, 0.25) is 0 Å². The highest BCUT2D eigenvalue weighted by Crippen LogP contribution is 2.23. The highest BCUT2D eigenvalue weighted by molar-refractivity contribution is 5.84. The summed E-state index contributed by atoms with van der Waals surface area (Å²) in [6, 6.07) is 12.7. The number of hydrogen-bond donors (Lipinski definition) is 2. The summed E-state index contributed by atoms with van der Waals surface area (Å²) in [7, 11) is 0. The van der Waals surface area contributed by atoms with E-state index in [1.807, 2.05) is 24.3 Å². The monoisotopic (exact) mass is 212 g/mol. The Kier molecular flexibility index (Phi) is 2.76. The highest BCUT2D eigenvalue weighted by atomic mass is 16.3. The second-order valence-electron chi connectivity index (χ2n) is 3.76. The minimum atomic E-state index is -0.247. The predicted molar refractivity (Wildman–Crippen MR) is 62.8 cm³/mol. The van der Waals surface area contributed by atoms with Gasteiger partial charge in [0.05, 0.1) is 12.5 Å². The van der Waals surface area contributed by atoms with Crippen molar-refractivity contribution in [3.63, 3.8) is 0 Å². The summed E-state index contributed by atoms with van der Waals surface area (Å²) in [6.45, 7) is 0. The zero-order valence-electron chi connectivity index (χ0n) is 8.72. The molecule has 0 amide bonds. The lowest BCUT2D eigenvalue weighted by molar-refractivity contribution is 0.476. The Labute approximate surface area is 93.7 Å². The van der Waals surface area contributed by atoms with Crippen LogP contribution in [0.3, 0.4) is 0 Å². The van der Waals surface area contributed by atoms with Gasteiger partial charge in [-0.25, -0.2) is 0 Å². The van der Waals surface area contributed by atoms with Crippen molar-refractivity contribution in [1.82, 2.24) is 0 Å². The van der Waals surface area contributed by atoms with E-state index in [0.717, 1.165) is 16.3 Å². The molecule has 0 spiro atoms. The predicted octanol–water partition coefficient (Wildman–Crippen LogP) is 2.46. The van der Waals surface area contributed by atoms with Gasteiger partial charge in [0.15, 0.2) is 0 Å². The van der Waals surface area contributed by atoms with Gasteiger partial charge in [-0.15, -0.1) is 0 Å². The number of rotatable bonds is 2. The molecule has 0 aliphatic rings. The van der Waals surface area contributed by atoms with Gasteiger partial charge in [0, 0.05) is 6.04 Å². The van der Waals surface area contributed by atoms with Crippen LogP contribution in [-0.4, -0.2) is 5.11 Å². The number of phenols is 1. The molecule has 16 heavy (non-hydrogen) atoms. The SMILES string of the molecule is N#CC[C@@H](N)c1ccc2cc(O)ccc2c1. The maximum atomic E-state index is 9.33. The third kappa shape index (κ3) is 1.97. The quantitative estimate of drug-likeness (QED) is 0.803. The van der Waals surface area contributed by atoms with E-state index < -0.39 is 0 Å². The van der Waals surface area contributed by atoms with Crippen LogP contribution in [0.5, 0.6) is 5.75 Å². The summed E-state index contributed by atoms with van der Waals surface area (Å²) < 4.78 is 0. The molecule has 80 valence electrons. The average molecular weight is 212 g/mol. The summed E-state index contributed by atoms with van der Waals surface area (Å²) in [5.74, 6) is 0.251. The van der Waals surface area contributed by atoms with Gasteiger partial charge in [-0.05, 0) is 34.5 Å². The molecule has 0 fully saturated rings. The van der Waals surface area contributed by atoms with Crippen molar-refractivity contribution >= 4 is 10.8 Å². The molecule has 0 bridgehead atoms. The van der Waals surface area contributed by atoms with Crippen molar-refractivity contribution < 1.29 is 5.11 Å².